The molecule has 0 fully saturated rings. The molecular formula is C21H28LiO3P. The van der Waals surface area contributed by atoms with Crippen LogP contribution in [0.4, 0.5) is 0 Å². The molecule has 2 aromatic rings. The Morgan fingerprint density at radius 2 is 1.54 bits per heavy atom. The van der Waals surface area contributed by atoms with Crippen LogP contribution in [0.25, 0.3) is 0 Å². The molecule has 0 aliphatic heterocycles. The molecule has 136 valence electrons. The summed E-state index contributed by atoms with van der Waals surface area (Å²) in [5.41, 5.74) is 3.05. The summed E-state index contributed by atoms with van der Waals surface area (Å²) in [4.78, 5) is 13.1. The molecule has 5 heteroatoms. The normalized spacial score (nSPS) is 11.1. The maximum Gasteiger partial charge on any atom is 1.00 e. The summed E-state index contributed by atoms with van der Waals surface area (Å²) < 4.78 is 10.8. The van der Waals surface area contributed by atoms with Crippen molar-refractivity contribution in [3.05, 3.63) is 53.1 Å². The van der Waals surface area contributed by atoms with Crippen molar-refractivity contribution in [3.8, 4) is 11.5 Å². The molecule has 0 spiro atoms. The average molecular weight is 366 g/mol. The van der Waals surface area contributed by atoms with Gasteiger partial charge in [-0.15, -0.1) is 0 Å². The molecule has 0 aliphatic rings. The molecular weight excluding hydrogens is 338 g/mol. The number of hydrogen-bond donors (Lipinski definition) is 0. The van der Waals surface area contributed by atoms with Gasteiger partial charge in [0.05, 0.1) is 14.2 Å². The number of methoxy groups -OCH3 is 2. The second-order valence-electron chi connectivity index (χ2n) is 6.65. The first-order valence-electron chi connectivity index (χ1n) is 8.55. The zero-order chi connectivity index (χ0) is 18.6. The molecule has 0 saturated carbocycles. The van der Waals surface area contributed by atoms with E-state index < -0.39 is 0 Å². The van der Waals surface area contributed by atoms with Gasteiger partial charge in [0, 0.05) is 0 Å². The van der Waals surface area contributed by atoms with Crippen LogP contribution in [0.1, 0.15) is 62.4 Å². The maximum atomic E-state index is 13.1. The molecule has 1 atom stereocenters. The molecule has 0 bridgehead atoms. The van der Waals surface area contributed by atoms with Gasteiger partial charge in [-0.25, -0.2) is 0 Å². The van der Waals surface area contributed by atoms with Crippen LogP contribution >= 0.6 is 8.58 Å². The van der Waals surface area contributed by atoms with Crippen LogP contribution in [-0.2, 0) is 0 Å². The van der Waals surface area contributed by atoms with Crippen LogP contribution in [0.15, 0.2) is 36.4 Å². The van der Waals surface area contributed by atoms with Gasteiger partial charge in [-0.05, 0) is 49.0 Å². The Balaban J connectivity index is 0.00000338. The Hall–Kier alpha value is -1.26. The molecule has 2 rings (SSSR count). The standard InChI is InChI=1S/C21H27O3P.Li.H/c1-13(2)15-10-11-16(14(3)4)19(12-15)25-21(22)20-17(23-5)8-7-9-18(20)24-6;;/h7-14,25H,1-6H3;;/q;+1;-1. The van der Waals surface area contributed by atoms with E-state index >= 15 is 0 Å². The number of benzene rings is 2. The van der Waals surface area contributed by atoms with Gasteiger partial charge in [-0.1, -0.05) is 52.0 Å². The van der Waals surface area contributed by atoms with Crippen molar-refractivity contribution >= 4 is 19.4 Å². The number of carbonyl (C=O) groups is 1. The van der Waals surface area contributed by atoms with Gasteiger partial charge in [0.2, 0.25) is 0 Å². The third-order valence-electron chi connectivity index (χ3n) is 4.27. The van der Waals surface area contributed by atoms with Crippen molar-refractivity contribution in [2.75, 3.05) is 14.2 Å². The third kappa shape index (κ3) is 5.14. The van der Waals surface area contributed by atoms with Crippen molar-refractivity contribution in [3.63, 3.8) is 0 Å². The summed E-state index contributed by atoms with van der Waals surface area (Å²) in [5.74, 6) is 1.92. The minimum absolute atomic E-state index is 0. The van der Waals surface area contributed by atoms with Crippen molar-refractivity contribution < 1.29 is 34.6 Å². The molecule has 3 nitrogen and oxygen atoms in total. The van der Waals surface area contributed by atoms with Gasteiger partial charge >= 0.3 is 18.9 Å². The van der Waals surface area contributed by atoms with E-state index in [9.17, 15) is 4.79 Å². The minimum Gasteiger partial charge on any atom is -1.00 e. The van der Waals surface area contributed by atoms with E-state index in [-0.39, 0.29) is 34.4 Å². The number of carbonyl (C=O) groups excluding carboxylic acids is 1. The quantitative estimate of drug-likeness (QED) is 0.557. The molecule has 0 radical (unpaired) electrons. The van der Waals surface area contributed by atoms with Gasteiger partial charge in [0.1, 0.15) is 17.1 Å². The molecule has 0 heterocycles. The monoisotopic (exact) mass is 366 g/mol. The molecule has 0 aliphatic carbocycles. The number of ether oxygens (including phenoxy) is 2. The van der Waals surface area contributed by atoms with Gasteiger partial charge in [-0.2, -0.15) is 0 Å². The average Bonchev–Trinajstić information content (AvgIpc) is 2.60. The molecule has 26 heavy (non-hydrogen) atoms. The first kappa shape index (κ1) is 22.8. The van der Waals surface area contributed by atoms with Crippen LogP contribution in [0.3, 0.4) is 0 Å². The molecule has 0 aromatic heterocycles. The molecule has 0 N–H and O–H groups in total. The third-order valence-corrected chi connectivity index (χ3v) is 5.45. The first-order chi connectivity index (χ1) is 11.9. The van der Waals surface area contributed by atoms with Crippen LogP contribution in [-0.4, -0.2) is 19.7 Å². The summed E-state index contributed by atoms with van der Waals surface area (Å²) in [6.07, 6.45) is 0. The van der Waals surface area contributed by atoms with Crippen molar-refractivity contribution in [2.24, 2.45) is 0 Å². The topological polar surface area (TPSA) is 35.5 Å². The summed E-state index contributed by atoms with van der Waals surface area (Å²) in [5, 5.41) is 1.11. The van der Waals surface area contributed by atoms with E-state index in [1.165, 1.54) is 11.1 Å². The van der Waals surface area contributed by atoms with Crippen molar-refractivity contribution in [2.45, 2.75) is 39.5 Å². The van der Waals surface area contributed by atoms with Gasteiger partial charge in [0.25, 0.3) is 0 Å². The fraction of sp³-hybridized carbons (Fsp3) is 0.381. The van der Waals surface area contributed by atoms with E-state index in [2.05, 4.69) is 45.9 Å². The van der Waals surface area contributed by atoms with E-state index in [0.29, 0.717) is 28.9 Å². The second-order valence-corrected chi connectivity index (χ2v) is 7.89. The Bertz CT molecular complexity index is 741. The van der Waals surface area contributed by atoms with E-state index in [1.807, 2.05) is 6.07 Å². The summed E-state index contributed by atoms with van der Waals surface area (Å²) in [6, 6.07) is 11.9. The van der Waals surface area contributed by atoms with E-state index in [4.69, 9.17) is 9.47 Å². The summed E-state index contributed by atoms with van der Waals surface area (Å²) in [7, 11) is 3.19. The Labute approximate surface area is 172 Å². The van der Waals surface area contributed by atoms with Crippen LogP contribution in [0.5, 0.6) is 11.5 Å². The number of hydrogen-bond acceptors (Lipinski definition) is 3. The summed E-state index contributed by atoms with van der Waals surface area (Å²) >= 11 is 0. The predicted octanol–water partition coefficient (Wildman–Crippen LogP) is 2.21. The second kappa shape index (κ2) is 10.2. The molecule has 0 saturated heterocycles. The largest absolute Gasteiger partial charge is 1.00 e. The zero-order valence-electron chi connectivity index (χ0n) is 17.8. The van der Waals surface area contributed by atoms with Gasteiger partial charge < -0.3 is 10.9 Å². The first-order valence-corrected chi connectivity index (χ1v) is 9.55. The Morgan fingerprint density at radius 3 is 2.00 bits per heavy atom. The van der Waals surface area contributed by atoms with Crippen LogP contribution < -0.4 is 33.6 Å². The fourth-order valence-corrected chi connectivity index (χ4v) is 4.18. The van der Waals surface area contributed by atoms with Gasteiger partial charge in [0.15, 0.2) is 5.52 Å². The molecule has 0 amide bonds. The maximum absolute atomic E-state index is 13.1. The van der Waals surface area contributed by atoms with Crippen molar-refractivity contribution in [1.29, 1.82) is 0 Å². The van der Waals surface area contributed by atoms with Crippen molar-refractivity contribution in [1.82, 2.24) is 0 Å². The Kier molecular flexibility index (Phi) is 8.91. The fourth-order valence-electron chi connectivity index (χ4n) is 2.80. The molecule has 2 aromatic carbocycles. The summed E-state index contributed by atoms with van der Waals surface area (Å²) in [6.45, 7) is 8.66. The minimum atomic E-state index is 0. The smallest absolute Gasteiger partial charge is 1.00 e. The zero-order valence-corrected chi connectivity index (χ0v) is 17.8. The predicted molar refractivity (Wildman–Crippen MR) is 108 cm³/mol. The molecule has 1 unspecified atom stereocenters. The van der Waals surface area contributed by atoms with E-state index in [0.717, 1.165) is 5.30 Å². The van der Waals surface area contributed by atoms with Gasteiger partial charge in [-0.3, -0.25) is 4.79 Å². The van der Waals surface area contributed by atoms with E-state index in [1.54, 1.807) is 26.4 Å². The van der Waals surface area contributed by atoms with Crippen LogP contribution in [0, 0.1) is 0 Å². The Morgan fingerprint density at radius 1 is 0.962 bits per heavy atom. The SMILES string of the molecule is COc1cccc(OC)c1C(=O)Pc1cc(C(C)C)ccc1C(C)C.[H-].[Li+]. The van der Waals surface area contributed by atoms with Crippen LogP contribution in [0.2, 0.25) is 0 Å². The number of rotatable bonds is 7.